The van der Waals surface area contributed by atoms with E-state index in [4.69, 9.17) is 9.72 Å². The summed E-state index contributed by atoms with van der Waals surface area (Å²) in [6.45, 7) is 10.7. The summed E-state index contributed by atoms with van der Waals surface area (Å²) in [5.41, 5.74) is 2.31. The minimum atomic E-state index is -0.0426. The number of likely N-dealkylation sites (tertiary alicyclic amines) is 1. The lowest BCUT2D eigenvalue weighted by Crippen LogP contribution is -2.43. The van der Waals surface area contributed by atoms with E-state index in [-0.39, 0.29) is 29.7 Å². The molecule has 0 spiro atoms. The summed E-state index contributed by atoms with van der Waals surface area (Å²) in [5.74, 6) is 0.240. The van der Waals surface area contributed by atoms with Gasteiger partial charge in [0.1, 0.15) is 0 Å². The average Bonchev–Trinajstić information content (AvgIpc) is 3.20. The quantitative estimate of drug-likeness (QED) is 0.651. The minimum Gasteiger partial charge on any atom is -0.385 e. The van der Waals surface area contributed by atoms with Crippen molar-refractivity contribution in [2.24, 2.45) is 5.92 Å². The molecule has 0 bridgehead atoms. The molecule has 0 radical (unpaired) electrons. The molecule has 0 unspecified atom stereocenters. The highest BCUT2D eigenvalue weighted by Crippen LogP contribution is 2.27. The highest BCUT2D eigenvalue weighted by atomic mass is 16.5. The molecular weight excluding hydrogens is 394 g/mol. The van der Waals surface area contributed by atoms with Crippen LogP contribution in [-0.4, -0.2) is 64.8 Å². The number of fused-ring (bicyclic) bond motifs is 1. The summed E-state index contributed by atoms with van der Waals surface area (Å²) in [6, 6.07) is 2.07. The van der Waals surface area contributed by atoms with Gasteiger partial charge in [-0.1, -0.05) is 13.8 Å². The normalized spacial score (nSPS) is 15.3. The first-order chi connectivity index (χ1) is 14.8. The molecule has 3 rings (SSSR count). The lowest BCUT2D eigenvalue weighted by atomic mass is 9.95. The molecule has 1 N–H and O–H groups in total. The predicted molar refractivity (Wildman–Crippen MR) is 120 cm³/mol. The number of ether oxygens (including phenoxy) is 1. The number of amides is 2. The minimum absolute atomic E-state index is 0.00319. The van der Waals surface area contributed by atoms with E-state index in [1.807, 2.05) is 15.6 Å². The molecule has 0 aliphatic carbocycles. The number of nitrogens with one attached hydrogen (secondary N) is 1. The van der Waals surface area contributed by atoms with Crippen LogP contribution in [0, 0.1) is 5.92 Å². The fourth-order valence-electron chi connectivity index (χ4n) is 3.98. The van der Waals surface area contributed by atoms with E-state index < -0.39 is 0 Å². The van der Waals surface area contributed by atoms with Gasteiger partial charge in [0, 0.05) is 51.0 Å². The highest BCUT2D eigenvalue weighted by molar-refractivity contribution is 6.05. The Kier molecular flexibility index (Phi) is 7.64. The Morgan fingerprint density at radius 2 is 1.94 bits per heavy atom. The Hall–Kier alpha value is -2.48. The monoisotopic (exact) mass is 429 g/mol. The van der Waals surface area contributed by atoms with Crippen molar-refractivity contribution in [2.75, 3.05) is 33.4 Å². The maximum Gasteiger partial charge on any atom is 0.254 e. The zero-order valence-electron chi connectivity index (χ0n) is 19.4. The maximum atomic E-state index is 13.4. The first-order valence-corrected chi connectivity index (χ1v) is 11.3. The summed E-state index contributed by atoms with van der Waals surface area (Å²) in [7, 11) is 1.66. The zero-order chi connectivity index (χ0) is 22.5. The lowest BCUT2D eigenvalue weighted by molar-refractivity contribution is -0.126. The van der Waals surface area contributed by atoms with Crippen LogP contribution in [0.3, 0.4) is 0 Å². The van der Waals surface area contributed by atoms with Gasteiger partial charge in [-0.3, -0.25) is 9.59 Å². The lowest BCUT2D eigenvalue weighted by Gasteiger charge is -2.31. The molecule has 1 saturated heterocycles. The number of carbonyl (C=O) groups excluding carboxylic acids is 2. The van der Waals surface area contributed by atoms with Crippen LogP contribution in [0.25, 0.3) is 11.0 Å². The van der Waals surface area contributed by atoms with Crippen molar-refractivity contribution >= 4 is 22.8 Å². The molecule has 0 atom stereocenters. The molecule has 0 aromatic carbocycles. The smallest absolute Gasteiger partial charge is 0.254 e. The first-order valence-electron chi connectivity index (χ1n) is 11.3. The standard InChI is InChI=1S/C23H35N5O3/c1-15(2)20-13-18(19-14-25-28(16(3)4)21(19)26-20)23(30)27-10-7-17(8-11-27)22(29)24-9-6-12-31-5/h13-17H,6-12H2,1-5H3,(H,24,29). The fourth-order valence-corrected chi connectivity index (χ4v) is 3.98. The Balaban J connectivity index is 1.73. The van der Waals surface area contributed by atoms with Crippen LogP contribution in [0.15, 0.2) is 12.3 Å². The van der Waals surface area contributed by atoms with Gasteiger partial charge >= 0.3 is 0 Å². The summed E-state index contributed by atoms with van der Waals surface area (Å²) in [4.78, 5) is 32.5. The Morgan fingerprint density at radius 3 is 2.55 bits per heavy atom. The van der Waals surface area contributed by atoms with Crippen molar-refractivity contribution < 1.29 is 14.3 Å². The second-order valence-electron chi connectivity index (χ2n) is 8.87. The van der Waals surface area contributed by atoms with Gasteiger partial charge in [-0.25, -0.2) is 9.67 Å². The number of hydrogen-bond acceptors (Lipinski definition) is 5. The van der Waals surface area contributed by atoms with Crippen molar-refractivity contribution in [3.05, 3.63) is 23.5 Å². The number of piperidine rings is 1. The number of aromatic nitrogens is 3. The Bertz CT molecular complexity index is 913. The molecule has 170 valence electrons. The number of nitrogens with zero attached hydrogens (tertiary/aromatic N) is 4. The van der Waals surface area contributed by atoms with Crippen LogP contribution >= 0.6 is 0 Å². The molecular formula is C23H35N5O3. The van der Waals surface area contributed by atoms with Crippen LogP contribution in [0.2, 0.25) is 0 Å². The number of methoxy groups -OCH3 is 1. The second kappa shape index (κ2) is 10.2. The molecule has 2 aromatic rings. The molecule has 8 heteroatoms. The van der Waals surface area contributed by atoms with Crippen LogP contribution in [0.4, 0.5) is 0 Å². The average molecular weight is 430 g/mol. The molecule has 8 nitrogen and oxygen atoms in total. The van der Waals surface area contributed by atoms with Crippen molar-refractivity contribution in [1.29, 1.82) is 0 Å². The Morgan fingerprint density at radius 1 is 1.23 bits per heavy atom. The number of carbonyl (C=O) groups is 2. The van der Waals surface area contributed by atoms with Crippen LogP contribution < -0.4 is 5.32 Å². The van der Waals surface area contributed by atoms with Gasteiger partial charge in [0.05, 0.1) is 17.1 Å². The molecule has 3 heterocycles. The van der Waals surface area contributed by atoms with Crippen molar-refractivity contribution in [2.45, 2.75) is 58.9 Å². The fraction of sp³-hybridized carbons (Fsp3) is 0.652. The van der Waals surface area contributed by atoms with Gasteiger partial charge in [-0.15, -0.1) is 0 Å². The van der Waals surface area contributed by atoms with E-state index in [2.05, 4.69) is 38.1 Å². The van der Waals surface area contributed by atoms with Crippen LogP contribution in [0.1, 0.15) is 75.0 Å². The third-order valence-corrected chi connectivity index (χ3v) is 5.88. The number of hydrogen-bond donors (Lipinski definition) is 1. The van der Waals surface area contributed by atoms with Gasteiger partial charge in [-0.2, -0.15) is 5.10 Å². The van der Waals surface area contributed by atoms with Gasteiger partial charge in [0.25, 0.3) is 5.91 Å². The largest absolute Gasteiger partial charge is 0.385 e. The van der Waals surface area contributed by atoms with Gasteiger partial charge in [0.15, 0.2) is 5.65 Å². The van der Waals surface area contributed by atoms with Crippen LogP contribution in [0.5, 0.6) is 0 Å². The highest BCUT2D eigenvalue weighted by Gasteiger charge is 2.29. The number of rotatable bonds is 8. The summed E-state index contributed by atoms with van der Waals surface area (Å²) < 4.78 is 6.89. The molecule has 0 saturated carbocycles. The van der Waals surface area contributed by atoms with E-state index in [9.17, 15) is 9.59 Å². The van der Waals surface area contributed by atoms with E-state index in [0.29, 0.717) is 44.6 Å². The van der Waals surface area contributed by atoms with E-state index in [0.717, 1.165) is 23.1 Å². The van der Waals surface area contributed by atoms with Gasteiger partial charge < -0.3 is 15.0 Å². The van der Waals surface area contributed by atoms with Crippen molar-refractivity contribution in [3.8, 4) is 0 Å². The van der Waals surface area contributed by atoms with Crippen molar-refractivity contribution in [3.63, 3.8) is 0 Å². The zero-order valence-corrected chi connectivity index (χ0v) is 19.4. The van der Waals surface area contributed by atoms with E-state index in [1.54, 1.807) is 13.3 Å². The maximum absolute atomic E-state index is 13.4. The van der Waals surface area contributed by atoms with Gasteiger partial charge in [0.2, 0.25) is 5.91 Å². The third-order valence-electron chi connectivity index (χ3n) is 5.88. The van der Waals surface area contributed by atoms with Crippen LogP contribution in [-0.2, 0) is 9.53 Å². The summed E-state index contributed by atoms with van der Waals surface area (Å²) >= 11 is 0. The molecule has 1 aliphatic rings. The van der Waals surface area contributed by atoms with E-state index in [1.165, 1.54) is 0 Å². The van der Waals surface area contributed by atoms with E-state index >= 15 is 0 Å². The molecule has 2 amide bonds. The summed E-state index contributed by atoms with van der Waals surface area (Å²) in [6.07, 6.45) is 3.91. The molecule has 1 aliphatic heterocycles. The summed E-state index contributed by atoms with van der Waals surface area (Å²) in [5, 5.41) is 8.25. The molecule has 1 fully saturated rings. The molecule has 2 aromatic heterocycles. The topological polar surface area (TPSA) is 89.3 Å². The van der Waals surface area contributed by atoms with Gasteiger partial charge in [-0.05, 0) is 45.1 Å². The first kappa shape index (κ1) is 23.2. The third kappa shape index (κ3) is 5.23. The predicted octanol–water partition coefficient (Wildman–Crippen LogP) is 3.14. The number of pyridine rings is 1. The SMILES string of the molecule is COCCCNC(=O)C1CCN(C(=O)c2cc(C(C)C)nc3c2cnn3C(C)C)CC1. The second-order valence-corrected chi connectivity index (χ2v) is 8.87. The Labute approximate surface area is 184 Å². The molecule has 31 heavy (non-hydrogen) atoms. The van der Waals surface area contributed by atoms with Crippen molar-refractivity contribution in [1.82, 2.24) is 25.0 Å².